The van der Waals surface area contributed by atoms with Gasteiger partial charge in [0, 0.05) is 26.7 Å². The molecule has 0 saturated heterocycles. The summed E-state index contributed by atoms with van der Waals surface area (Å²) in [7, 11) is 1.55. The lowest BCUT2D eigenvalue weighted by Crippen LogP contribution is -2.51. The number of likely N-dealkylation sites (N-methyl/N-ethyl adjacent to an activating group) is 1. The maximum atomic E-state index is 12.3. The number of benzene rings is 1. The zero-order chi connectivity index (χ0) is 13.8. The van der Waals surface area contributed by atoms with Crippen LogP contribution in [0.15, 0.2) is 24.3 Å². The summed E-state index contributed by atoms with van der Waals surface area (Å²) in [6.07, 6.45) is 0. The van der Waals surface area contributed by atoms with Crippen LogP contribution in [0.2, 0.25) is 0 Å². The van der Waals surface area contributed by atoms with E-state index in [-0.39, 0.29) is 37.3 Å². The summed E-state index contributed by atoms with van der Waals surface area (Å²) in [4.78, 5) is 16.4. The van der Waals surface area contributed by atoms with Crippen molar-refractivity contribution < 1.29 is 9.53 Å². The van der Waals surface area contributed by atoms with Crippen LogP contribution in [0.4, 0.5) is 11.4 Å². The molecule has 0 fully saturated rings. The number of nitrogens with zero attached hydrogens (tertiary/aromatic N) is 2. The summed E-state index contributed by atoms with van der Waals surface area (Å²) in [5.41, 5.74) is 7.88. The van der Waals surface area contributed by atoms with Crippen molar-refractivity contribution in [1.29, 1.82) is 0 Å². The SMILES string of the molecule is CCN1CCN(C(=O)C(N)COC)c2ccccc21.Cl.Cl. The lowest BCUT2D eigenvalue weighted by atomic mass is 10.1. The number of amides is 1. The zero-order valence-corrected chi connectivity index (χ0v) is 14.0. The van der Waals surface area contributed by atoms with Gasteiger partial charge in [0.1, 0.15) is 6.04 Å². The third-order valence-corrected chi connectivity index (χ3v) is 3.42. The molecule has 2 rings (SSSR count). The second-order valence-corrected chi connectivity index (χ2v) is 4.62. The monoisotopic (exact) mass is 335 g/mol. The number of ether oxygens (including phenoxy) is 1. The largest absolute Gasteiger partial charge is 0.383 e. The van der Waals surface area contributed by atoms with E-state index >= 15 is 0 Å². The fourth-order valence-corrected chi connectivity index (χ4v) is 2.43. The lowest BCUT2D eigenvalue weighted by molar-refractivity contribution is -0.120. The molecule has 1 amide bonds. The van der Waals surface area contributed by atoms with Crippen LogP contribution in [-0.4, -0.2) is 45.3 Å². The number of rotatable bonds is 4. The van der Waals surface area contributed by atoms with Crippen molar-refractivity contribution >= 4 is 42.1 Å². The molecule has 0 saturated carbocycles. The third-order valence-electron chi connectivity index (χ3n) is 3.42. The number of methoxy groups -OCH3 is 1. The van der Waals surface area contributed by atoms with Gasteiger partial charge in [-0.1, -0.05) is 12.1 Å². The summed E-state index contributed by atoms with van der Waals surface area (Å²) in [6.45, 7) is 4.79. The Morgan fingerprint density at radius 2 is 1.90 bits per heavy atom. The number of fused-ring (bicyclic) bond motifs is 1. The van der Waals surface area contributed by atoms with Gasteiger partial charge in [-0.25, -0.2) is 0 Å². The van der Waals surface area contributed by atoms with Crippen LogP contribution < -0.4 is 15.5 Å². The molecule has 0 aliphatic carbocycles. The minimum absolute atomic E-state index is 0. The number of hydrogen-bond acceptors (Lipinski definition) is 4. The third kappa shape index (κ3) is 4.23. The molecule has 21 heavy (non-hydrogen) atoms. The molecular formula is C14H23Cl2N3O2. The molecule has 1 atom stereocenters. The molecule has 1 aliphatic rings. The highest BCUT2D eigenvalue weighted by Gasteiger charge is 2.28. The highest BCUT2D eigenvalue weighted by atomic mass is 35.5. The van der Waals surface area contributed by atoms with Crippen molar-refractivity contribution in [3.05, 3.63) is 24.3 Å². The molecule has 1 aromatic carbocycles. The Kier molecular flexibility index (Phi) is 8.66. The predicted molar refractivity (Wildman–Crippen MR) is 91.0 cm³/mol. The Morgan fingerprint density at radius 1 is 1.29 bits per heavy atom. The second kappa shape index (κ2) is 9.10. The van der Waals surface area contributed by atoms with E-state index in [9.17, 15) is 4.79 Å². The molecule has 5 nitrogen and oxygen atoms in total. The van der Waals surface area contributed by atoms with E-state index in [4.69, 9.17) is 10.5 Å². The van der Waals surface area contributed by atoms with Gasteiger partial charge in [0.05, 0.1) is 18.0 Å². The van der Waals surface area contributed by atoms with E-state index in [0.29, 0.717) is 6.54 Å². The molecule has 120 valence electrons. The zero-order valence-electron chi connectivity index (χ0n) is 12.3. The summed E-state index contributed by atoms with van der Waals surface area (Å²) < 4.78 is 4.96. The molecule has 1 aromatic rings. The summed E-state index contributed by atoms with van der Waals surface area (Å²) in [6, 6.07) is 7.34. The van der Waals surface area contributed by atoms with Crippen molar-refractivity contribution in [2.24, 2.45) is 5.73 Å². The summed E-state index contributed by atoms with van der Waals surface area (Å²) in [5, 5.41) is 0. The van der Waals surface area contributed by atoms with Crippen LogP contribution in [-0.2, 0) is 9.53 Å². The van der Waals surface area contributed by atoms with E-state index in [1.807, 2.05) is 24.3 Å². The van der Waals surface area contributed by atoms with Gasteiger partial charge in [-0.05, 0) is 19.1 Å². The van der Waals surface area contributed by atoms with Crippen LogP contribution in [0.1, 0.15) is 6.92 Å². The number of nitrogens with two attached hydrogens (primary N) is 1. The Bertz CT molecular complexity index is 460. The summed E-state index contributed by atoms with van der Waals surface area (Å²) in [5.74, 6) is -0.0787. The van der Waals surface area contributed by atoms with E-state index in [1.54, 1.807) is 12.0 Å². The van der Waals surface area contributed by atoms with Crippen LogP contribution in [0.3, 0.4) is 0 Å². The Balaban J connectivity index is 0.00000200. The van der Waals surface area contributed by atoms with E-state index < -0.39 is 6.04 Å². The lowest BCUT2D eigenvalue weighted by Gasteiger charge is -2.38. The fraction of sp³-hybridized carbons (Fsp3) is 0.500. The molecule has 0 radical (unpaired) electrons. The first-order chi connectivity index (χ1) is 9.19. The Labute approximate surface area is 138 Å². The average Bonchev–Trinajstić information content (AvgIpc) is 2.45. The normalized spacial score (nSPS) is 14.6. The second-order valence-electron chi connectivity index (χ2n) is 4.62. The molecule has 0 spiro atoms. The van der Waals surface area contributed by atoms with Crippen LogP contribution in [0, 0.1) is 0 Å². The predicted octanol–water partition coefficient (Wildman–Crippen LogP) is 1.68. The minimum Gasteiger partial charge on any atom is -0.383 e. The standard InChI is InChI=1S/C14H21N3O2.2ClH/c1-3-16-8-9-17(14(18)11(15)10-19-2)13-7-5-4-6-12(13)16;;/h4-7,11H,3,8-10,15H2,1-2H3;2*1H. The number of carbonyl (C=O) groups is 1. The summed E-state index contributed by atoms with van der Waals surface area (Å²) >= 11 is 0. The fourth-order valence-electron chi connectivity index (χ4n) is 2.43. The van der Waals surface area contributed by atoms with Crippen molar-refractivity contribution in [1.82, 2.24) is 0 Å². The number of anilines is 2. The maximum absolute atomic E-state index is 12.3. The first-order valence-electron chi connectivity index (χ1n) is 6.59. The Hall–Kier alpha value is -1.01. The first kappa shape index (κ1) is 20.0. The van der Waals surface area contributed by atoms with Gasteiger partial charge in [-0.3, -0.25) is 4.79 Å². The molecular weight excluding hydrogens is 313 g/mol. The van der Waals surface area contributed by atoms with Gasteiger partial charge in [-0.15, -0.1) is 24.8 Å². The van der Waals surface area contributed by atoms with E-state index in [1.165, 1.54) is 0 Å². The van der Waals surface area contributed by atoms with Gasteiger partial charge < -0.3 is 20.3 Å². The van der Waals surface area contributed by atoms with Gasteiger partial charge in [0.25, 0.3) is 0 Å². The average molecular weight is 336 g/mol. The molecule has 1 unspecified atom stereocenters. The molecule has 0 bridgehead atoms. The highest BCUT2D eigenvalue weighted by Crippen LogP contribution is 2.32. The van der Waals surface area contributed by atoms with Gasteiger partial charge in [-0.2, -0.15) is 0 Å². The van der Waals surface area contributed by atoms with Crippen LogP contribution in [0.25, 0.3) is 0 Å². The van der Waals surface area contributed by atoms with Crippen molar-refractivity contribution in [2.45, 2.75) is 13.0 Å². The smallest absolute Gasteiger partial charge is 0.246 e. The van der Waals surface area contributed by atoms with Gasteiger partial charge >= 0.3 is 0 Å². The van der Waals surface area contributed by atoms with Crippen molar-refractivity contribution in [3.63, 3.8) is 0 Å². The molecule has 1 aliphatic heterocycles. The number of carbonyl (C=O) groups excluding carboxylic acids is 1. The van der Waals surface area contributed by atoms with Crippen molar-refractivity contribution in [2.75, 3.05) is 43.2 Å². The van der Waals surface area contributed by atoms with Crippen LogP contribution >= 0.6 is 24.8 Å². The number of para-hydroxylation sites is 2. The maximum Gasteiger partial charge on any atom is 0.246 e. The van der Waals surface area contributed by atoms with E-state index in [0.717, 1.165) is 24.5 Å². The Morgan fingerprint density at radius 3 is 2.48 bits per heavy atom. The first-order valence-corrected chi connectivity index (χ1v) is 6.59. The number of halogens is 2. The van der Waals surface area contributed by atoms with Gasteiger partial charge in [0.2, 0.25) is 5.91 Å². The van der Waals surface area contributed by atoms with Crippen LogP contribution in [0.5, 0.6) is 0 Å². The molecule has 0 aromatic heterocycles. The molecule has 1 heterocycles. The quantitative estimate of drug-likeness (QED) is 0.909. The minimum atomic E-state index is -0.605. The molecule has 7 heteroatoms. The highest BCUT2D eigenvalue weighted by molar-refractivity contribution is 6.00. The topological polar surface area (TPSA) is 58.8 Å². The number of hydrogen-bond donors (Lipinski definition) is 1. The molecule has 2 N–H and O–H groups in total. The van der Waals surface area contributed by atoms with Gasteiger partial charge in [0.15, 0.2) is 0 Å². The van der Waals surface area contributed by atoms with E-state index in [2.05, 4.69) is 11.8 Å². The van der Waals surface area contributed by atoms with Crippen molar-refractivity contribution in [3.8, 4) is 0 Å².